The van der Waals surface area contributed by atoms with Crippen molar-refractivity contribution in [2.75, 3.05) is 14.2 Å². The molecule has 31 heavy (non-hydrogen) atoms. The molecule has 1 N–H and O–H groups in total. The SMILES string of the molecule is COc1ccc(/C=C/C(=O)NCc2ccc(-n3cnc4ccccc43)nc2)cc1OC. The van der Waals surface area contributed by atoms with Crippen molar-refractivity contribution < 1.29 is 14.3 Å². The first-order valence-electron chi connectivity index (χ1n) is 9.73. The average Bonchev–Trinajstić information content (AvgIpc) is 3.25. The lowest BCUT2D eigenvalue weighted by Crippen LogP contribution is -2.20. The molecule has 7 nitrogen and oxygen atoms in total. The summed E-state index contributed by atoms with van der Waals surface area (Å²) in [4.78, 5) is 21.1. The minimum Gasteiger partial charge on any atom is -0.493 e. The van der Waals surface area contributed by atoms with Crippen molar-refractivity contribution in [3.05, 3.63) is 84.3 Å². The van der Waals surface area contributed by atoms with Crippen LogP contribution in [0.5, 0.6) is 11.5 Å². The molecule has 0 radical (unpaired) electrons. The number of nitrogens with one attached hydrogen (secondary N) is 1. The van der Waals surface area contributed by atoms with E-state index in [2.05, 4.69) is 15.3 Å². The minimum absolute atomic E-state index is 0.195. The van der Waals surface area contributed by atoms with Gasteiger partial charge >= 0.3 is 0 Å². The number of imidazole rings is 1. The van der Waals surface area contributed by atoms with Crippen molar-refractivity contribution in [1.29, 1.82) is 0 Å². The molecule has 2 aromatic heterocycles. The van der Waals surface area contributed by atoms with Crippen LogP contribution in [0.25, 0.3) is 22.9 Å². The van der Waals surface area contributed by atoms with E-state index in [-0.39, 0.29) is 5.91 Å². The topological polar surface area (TPSA) is 78.3 Å². The Morgan fingerprint density at radius 3 is 2.65 bits per heavy atom. The van der Waals surface area contributed by atoms with Gasteiger partial charge in [0.05, 0.1) is 25.3 Å². The molecule has 0 saturated heterocycles. The fraction of sp³-hybridized carbons (Fsp3) is 0.125. The molecule has 4 aromatic rings. The molecule has 4 rings (SSSR count). The van der Waals surface area contributed by atoms with Crippen LogP contribution in [0.4, 0.5) is 0 Å². The lowest BCUT2D eigenvalue weighted by Gasteiger charge is -2.07. The van der Waals surface area contributed by atoms with Gasteiger partial charge < -0.3 is 14.8 Å². The lowest BCUT2D eigenvalue weighted by atomic mass is 10.2. The zero-order valence-electron chi connectivity index (χ0n) is 17.3. The number of fused-ring (bicyclic) bond motifs is 1. The van der Waals surface area contributed by atoms with Crippen LogP contribution in [0.2, 0.25) is 0 Å². The molecule has 0 fully saturated rings. The van der Waals surface area contributed by atoms with Gasteiger partial charge in [-0.05, 0) is 47.5 Å². The number of hydrogen-bond donors (Lipinski definition) is 1. The maximum atomic E-state index is 12.2. The summed E-state index contributed by atoms with van der Waals surface area (Å²) in [6.45, 7) is 0.382. The molecule has 0 bridgehead atoms. The monoisotopic (exact) mass is 414 g/mol. The highest BCUT2D eigenvalue weighted by Crippen LogP contribution is 2.27. The first kappa shape index (κ1) is 20.2. The highest BCUT2D eigenvalue weighted by Gasteiger charge is 2.06. The van der Waals surface area contributed by atoms with Gasteiger partial charge in [0.2, 0.25) is 5.91 Å². The number of carbonyl (C=O) groups excluding carboxylic acids is 1. The second-order valence-corrected chi connectivity index (χ2v) is 6.79. The third-order valence-electron chi connectivity index (χ3n) is 4.81. The molecule has 0 saturated carbocycles. The normalized spacial score (nSPS) is 11.0. The molecule has 7 heteroatoms. The van der Waals surface area contributed by atoms with Gasteiger partial charge in [-0.15, -0.1) is 0 Å². The van der Waals surface area contributed by atoms with Crippen LogP contribution in [-0.4, -0.2) is 34.7 Å². The summed E-state index contributed by atoms with van der Waals surface area (Å²) in [5, 5.41) is 2.86. The van der Waals surface area contributed by atoms with Gasteiger partial charge in [-0.3, -0.25) is 9.36 Å². The van der Waals surface area contributed by atoms with E-state index in [9.17, 15) is 4.79 Å². The molecular formula is C24H22N4O3. The van der Waals surface area contributed by atoms with Crippen molar-refractivity contribution in [2.24, 2.45) is 0 Å². The number of hydrogen-bond acceptors (Lipinski definition) is 5. The molecular weight excluding hydrogens is 392 g/mol. The molecule has 0 spiro atoms. The Balaban J connectivity index is 1.37. The standard InChI is InChI=1S/C24H22N4O3/c1-30-21-10-7-17(13-22(21)31-2)9-12-24(29)26-15-18-8-11-23(25-14-18)28-16-27-19-5-3-4-6-20(19)28/h3-14,16H,15H2,1-2H3,(H,26,29)/b12-9+. The second-order valence-electron chi connectivity index (χ2n) is 6.79. The largest absolute Gasteiger partial charge is 0.493 e. The molecule has 0 aliphatic rings. The Hall–Kier alpha value is -4.13. The van der Waals surface area contributed by atoms with Crippen molar-refractivity contribution in [3.63, 3.8) is 0 Å². The second kappa shape index (κ2) is 9.13. The molecule has 2 heterocycles. The van der Waals surface area contributed by atoms with E-state index in [1.807, 2.05) is 53.1 Å². The van der Waals surface area contributed by atoms with Gasteiger partial charge in [-0.25, -0.2) is 9.97 Å². The number of methoxy groups -OCH3 is 2. The number of para-hydroxylation sites is 2. The predicted molar refractivity (Wildman–Crippen MR) is 119 cm³/mol. The van der Waals surface area contributed by atoms with Crippen LogP contribution < -0.4 is 14.8 Å². The zero-order valence-corrected chi connectivity index (χ0v) is 17.3. The maximum absolute atomic E-state index is 12.2. The average molecular weight is 414 g/mol. The van der Waals surface area contributed by atoms with E-state index in [4.69, 9.17) is 9.47 Å². The Labute approximate surface area is 180 Å². The quantitative estimate of drug-likeness (QED) is 0.466. The summed E-state index contributed by atoms with van der Waals surface area (Å²) >= 11 is 0. The molecule has 2 aromatic carbocycles. The predicted octanol–water partition coefficient (Wildman–Crippen LogP) is 3.77. The van der Waals surface area contributed by atoms with Crippen molar-refractivity contribution in [1.82, 2.24) is 19.9 Å². The molecule has 0 unspecified atom stereocenters. The third-order valence-corrected chi connectivity index (χ3v) is 4.81. The summed E-state index contributed by atoms with van der Waals surface area (Å²) in [6.07, 6.45) is 6.72. The van der Waals surface area contributed by atoms with E-state index in [0.717, 1.165) is 28.0 Å². The Bertz CT molecular complexity index is 1230. The number of amides is 1. The van der Waals surface area contributed by atoms with Crippen molar-refractivity contribution in [3.8, 4) is 17.3 Å². The van der Waals surface area contributed by atoms with E-state index in [0.29, 0.717) is 18.0 Å². The number of benzene rings is 2. The highest BCUT2D eigenvalue weighted by molar-refractivity contribution is 5.91. The van der Waals surface area contributed by atoms with Crippen LogP contribution in [0.15, 0.2) is 73.2 Å². The smallest absolute Gasteiger partial charge is 0.244 e. The number of pyridine rings is 1. The maximum Gasteiger partial charge on any atom is 0.244 e. The van der Waals surface area contributed by atoms with Gasteiger partial charge in [0.25, 0.3) is 0 Å². The Kier molecular flexibility index (Phi) is 5.93. The fourth-order valence-electron chi connectivity index (χ4n) is 3.18. The minimum atomic E-state index is -0.195. The third kappa shape index (κ3) is 4.56. The Morgan fingerprint density at radius 1 is 1.03 bits per heavy atom. The van der Waals surface area contributed by atoms with Crippen LogP contribution >= 0.6 is 0 Å². The van der Waals surface area contributed by atoms with Gasteiger partial charge in [-0.1, -0.05) is 24.3 Å². The van der Waals surface area contributed by atoms with Gasteiger partial charge in [-0.2, -0.15) is 0 Å². The van der Waals surface area contributed by atoms with Gasteiger partial charge in [0.1, 0.15) is 12.1 Å². The Morgan fingerprint density at radius 2 is 1.87 bits per heavy atom. The summed E-state index contributed by atoms with van der Waals surface area (Å²) in [5.41, 5.74) is 3.66. The van der Waals surface area contributed by atoms with E-state index in [1.165, 1.54) is 6.08 Å². The number of nitrogens with zero attached hydrogens (tertiary/aromatic N) is 3. The summed E-state index contributed by atoms with van der Waals surface area (Å²) in [5.74, 6) is 1.84. The van der Waals surface area contributed by atoms with Gasteiger partial charge in [0.15, 0.2) is 11.5 Å². The fourth-order valence-corrected chi connectivity index (χ4v) is 3.18. The molecule has 0 aliphatic heterocycles. The van der Waals surface area contributed by atoms with E-state index < -0.39 is 0 Å². The number of ether oxygens (including phenoxy) is 2. The first-order chi connectivity index (χ1) is 15.2. The van der Waals surface area contributed by atoms with Crippen molar-refractivity contribution >= 4 is 23.0 Å². The van der Waals surface area contributed by atoms with Crippen LogP contribution in [-0.2, 0) is 11.3 Å². The zero-order chi connectivity index (χ0) is 21.6. The lowest BCUT2D eigenvalue weighted by molar-refractivity contribution is -0.116. The summed E-state index contributed by atoms with van der Waals surface area (Å²) in [6, 6.07) is 17.2. The number of carbonyl (C=O) groups is 1. The highest BCUT2D eigenvalue weighted by atomic mass is 16.5. The number of aromatic nitrogens is 3. The summed E-state index contributed by atoms with van der Waals surface area (Å²) < 4.78 is 12.4. The van der Waals surface area contributed by atoms with Crippen molar-refractivity contribution in [2.45, 2.75) is 6.54 Å². The number of rotatable bonds is 7. The van der Waals surface area contributed by atoms with Crippen LogP contribution in [0.3, 0.4) is 0 Å². The molecule has 0 atom stereocenters. The van der Waals surface area contributed by atoms with Crippen LogP contribution in [0, 0.1) is 0 Å². The molecule has 156 valence electrons. The van der Waals surface area contributed by atoms with E-state index >= 15 is 0 Å². The van der Waals surface area contributed by atoms with Gasteiger partial charge in [0, 0.05) is 18.8 Å². The van der Waals surface area contributed by atoms with E-state index in [1.54, 1.807) is 38.9 Å². The molecule has 0 aliphatic carbocycles. The first-order valence-corrected chi connectivity index (χ1v) is 9.73. The summed E-state index contributed by atoms with van der Waals surface area (Å²) in [7, 11) is 3.16. The van der Waals surface area contributed by atoms with Crippen LogP contribution in [0.1, 0.15) is 11.1 Å². The molecule has 1 amide bonds.